The summed E-state index contributed by atoms with van der Waals surface area (Å²) in [6.07, 6.45) is -4.82. The lowest BCUT2D eigenvalue weighted by Gasteiger charge is -2.11. The number of halogens is 3. The predicted molar refractivity (Wildman–Crippen MR) is 85.3 cm³/mol. The Kier molecular flexibility index (Phi) is 5.63. The zero-order valence-corrected chi connectivity index (χ0v) is 13.2. The quantitative estimate of drug-likeness (QED) is 0.868. The van der Waals surface area contributed by atoms with Gasteiger partial charge in [0.1, 0.15) is 5.75 Å². The summed E-state index contributed by atoms with van der Waals surface area (Å²) in [5.74, 6) is -1.45. The number of nitrogens with one attached hydrogen (secondary N) is 2. The Labute approximate surface area is 141 Å². The maximum Gasteiger partial charge on any atom is 0.573 e. The summed E-state index contributed by atoms with van der Waals surface area (Å²) in [6.45, 7) is 1.51. The molecule has 0 fully saturated rings. The Balaban J connectivity index is 1.90. The highest BCUT2D eigenvalue weighted by atomic mass is 19.4. The van der Waals surface area contributed by atoms with Gasteiger partial charge in [-0.1, -0.05) is 23.8 Å². The van der Waals surface area contributed by atoms with Gasteiger partial charge in [-0.2, -0.15) is 0 Å². The number of aryl methyl sites for hydroxylation is 1. The molecule has 132 valence electrons. The molecule has 2 N–H and O–H groups in total. The van der Waals surface area contributed by atoms with E-state index in [0.29, 0.717) is 5.56 Å². The van der Waals surface area contributed by atoms with E-state index in [-0.39, 0.29) is 12.2 Å². The van der Waals surface area contributed by atoms with Gasteiger partial charge >= 0.3 is 6.36 Å². The van der Waals surface area contributed by atoms with Crippen LogP contribution in [-0.4, -0.2) is 24.7 Å². The summed E-state index contributed by atoms with van der Waals surface area (Å²) >= 11 is 0. The van der Waals surface area contributed by atoms with Gasteiger partial charge in [-0.15, -0.1) is 13.2 Å². The fraction of sp³-hybridized carbons (Fsp3) is 0.176. The molecule has 5 nitrogen and oxygen atoms in total. The van der Waals surface area contributed by atoms with Crippen LogP contribution in [0.1, 0.15) is 15.9 Å². The first-order valence-electron chi connectivity index (χ1n) is 7.23. The number of alkyl halides is 3. The normalized spacial score (nSPS) is 10.9. The third kappa shape index (κ3) is 6.17. The third-order valence-electron chi connectivity index (χ3n) is 3.04. The van der Waals surface area contributed by atoms with Crippen molar-refractivity contribution in [2.24, 2.45) is 0 Å². The van der Waals surface area contributed by atoms with Crippen LogP contribution in [0.25, 0.3) is 0 Å². The fourth-order valence-electron chi connectivity index (χ4n) is 2.03. The second-order valence-corrected chi connectivity index (χ2v) is 5.18. The van der Waals surface area contributed by atoms with Gasteiger partial charge in [-0.3, -0.25) is 9.59 Å². The molecule has 0 radical (unpaired) electrons. The SMILES string of the molecule is Cc1cccc(C(=O)NCC(=O)Nc2cccc(OC(F)(F)F)c2)c1. The number of carbonyl (C=O) groups excluding carboxylic acids is 2. The first-order chi connectivity index (χ1) is 11.7. The van der Waals surface area contributed by atoms with Gasteiger partial charge in [0.05, 0.1) is 6.54 Å². The van der Waals surface area contributed by atoms with E-state index in [1.54, 1.807) is 18.2 Å². The van der Waals surface area contributed by atoms with Crippen LogP contribution < -0.4 is 15.4 Å². The highest BCUT2D eigenvalue weighted by Crippen LogP contribution is 2.24. The van der Waals surface area contributed by atoms with Crippen molar-refractivity contribution in [1.82, 2.24) is 5.32 Å². The summed E-state index contributed by atoms with van der Waals surface area (Å²) < 4.78 is 40.3. The molecule has 0 heterocycles. The number of amides is 2. The Morgan fingerprint density at radius 1 is 1.08 bits per heavy atom. The molecule has 0 unspecified atom stereocenters. The average molecular weight is 352 g/mol. The lowest BCUT2D eigenvalue weighted by Crippen LogP contribution is -2.32. The van der Waals surface area contributed by atoms with E-state index >= 15 is 0 Å². The summed E-state index contributed by atoms with van der Waals surface area (Å²) in [4.78, 5) is 23.8. The van der Waals surface area contributed by atoms with Crippen LogP contribution in [0, 0.1) is 6.92 Å². The zero-order chi connectivity index (χ0) is 18.4. The van der Waals surface area contributed by atoms with Crippen LogP contribution in [0.2, 0.25) is 0 Å². The largest absolute Gasteiger partial charge is 0.573 e. The minimum Gasteiger partial charge on any atom is -0.406 e. The maximum atomic E-state index is 12.2. The first-order valence-corrected chi connectivity index (χ1v) is 7.23. The number of rotatable bonds is 5. The van der Waals surface area contributed by atoms with Gasteiger partial charge < -0.3 is 15.4 Å². The lowest BCUT2D eigenvalue weighted by atomic mass is 10.1. The molecular weight excluding hydrogens is 337 g/mol. The van der Waals surface area contributed by atoms with E-state index < -0.39 is 23.9 Å². The number of benzene rings is 2. The number of anilines is 1. The van der Waals surface area contributed by atoms with E-state index in [0.717, 1.165) is 17.7 Å². The smallest absolute Gasteiger partial charge is 0.406 e. The van der Waals surface area contributed by atoms with E-state index in [1.807, 2.05) is 13.0 Å². The van der Waals surface area contributed by atoms with E-state index in [2.05, 4.69) is 15.4 Å². The van der Waals surface area contributed by atoms with Gasteiger partial charge in [0.15, 0.2) is 0 Å². The van der Waals surface area contributed by atoms with Crippen LogP contribution in [-0.2, 0) is 4.79 Å². The standard InChI is InChI=1S/C17H15F3N2O3/c1-11-4-2-5-12(8-11)16(24)21-10-15(23)22-13-6-3-7-14(9-13)25-17(18,19)20/h2-9H,10H2,1H3,(H,21,24)(H,22,23). The molecule has 0 bridgehead atoms. The molecule has 0 saturated heterocycles. The molecule has 0 spiro atoms. The first kappa shape index (κ1) is 18.3. The number of hydrogen-bond acceptors (Lipinski definition) is 3. The molecule has 2 aromatic rings. The summed E-state index contributed by atoms with van der Waals surface area (Å²) in [6, 6.07) is 11.7. The molecule has 0 aromatic heterocycles. The third-order valence-corrected chi connectivity index (χ3v) is 3.04. The van der Waals surface area contributed by atoms with Crippen molar-refractivity contribution in [1.29, 1.82) is 0 Å². The molecule has 0 aliphatic rings. The molecule has 2 aromatic carbocycles. The Bertz CT molecular complexity index is 776. The van der Waals surface area contributed by atoms with Crippen molar-refractivity contribution in [2.75, 3.05) is 11.9 Å². The van der Waals surface area contributed by atoms with E-state index in [4.69, 9.17) is 0 Å². The van der Waals surface area contributed by atoms with Crippen molar-refractivity contribution in [2.45, 2.75) is 13.3 Å². The molecule has 0 saturated carbocycles. The monoisotopic (exact) mass is 352 g/mol. The lowest BCUT2D eigenvalue weighted by molar-refractivity contribution is -0.274. The summed E-state index contributed by atoms with van der Waals surface area (Å²) in [5.41, 5.74) is 1.43. The van der Waals surface area contributed by atoms with Gasteiger partial charge in [-0.25, -0.2) is 0 Å². The molecule has 8 heteroatoms. The Morgan fingerprint density at radius 3 is 2.48 bits per heavy atom. The minimum absolute atomic E-state index is 0.122. The molecule has 0 aliphatic carbocycles. The van der Waals surface area contributed by atoms with Crippen molar-refractivity contribution < 1.29 is 27.5 Å². The molecule has 0 aliphatic heterocycles. The van der Waals surface area contributed by atoms with Gasteiger partial charge in [0, 0.05) is 17.3 Å². The zero-order valence-electron chi connectivity index (χ0n) is 13.2. The number of hydrogen-bond donors (Lipinski definition) is 2. The van der Waals surface area contributed by atoms with Crippen molar-refractivity contribution >= 4 is 17.5 Å². The molecule has 2 amide bonds. The second kappa shape index (κ2) is 7.69. The number of ether oxygens (including phenoxy) is 1. The van der Waals surface area contributed by atoms with Crippen LogP contribution >= 0.6 is 0 Å². The molecule has 0 atom stereocenters. The second-order valence-electron chi connectivity index (χ2n) is 5.18. The van der Waals surface area contributed by atoms with Crippen LogP contribution in [0.3, 0.4) is 0 Å². The highest BCUT2D eigenvalue weighted by molar-refractivity contribution is 5.99. The maximum absolute atomic E-state index is 12.2. The minimum atomic E-state index is -4.82. The molecule has 2 rings (SSSR count). The van der Waals surface area contributed by atoms with Crippen molar-refractivity contribution in [3.63, 3.8) is 0 Å². The van der Waals surface area contributed by atoms with Gasteiger partial charge in [0.2, 0.25) is 5.91 Å². The van der Waals surface area contributed by atoms with Crippen LogP contribution in [0.15, 0.2) is 48.5 Å². The van der Waals surface area contributed by atoms with Crippen LogP contribution in [0.5, 0.6) is 5.75 Å². The van der Waals surface area contributed by atoms with Gasteiger partial charge in [0.25, 0.3) is 5.91 Å². The predicted octanol–water partition coefficient (Wildman–Crippen LogP) is 3.26. The van der Waals surface area contributed by atoms with E-state index in [9.17, 15) is 22.8 Å². The van der Waals surface area contributed by atoms with Crippen molar-refractivity contribution in [3.8, 4) is 5.75 Å². The summed E-state index contributed by atoms with van der Waals surface area (Å²) in [5, 5.41) is 4.82. The van der Waals surface area contributed by atoms with Crippen LogP contribution in [0.4, 0.5) is 18.9 Å². The van der Waals surface area contributed by atoms with Crippen molar-refractivity contribution in [3.05, 3.63) is 59.7 Å². The van der Waals surface area contributed by atoms with E-state index in [1.165, 1.54) is 12.1 Å². The average Bonchev–Trinajstić information content (AvgIpc) is 2.51. The molecular formula is C17H15F3N2O3. The topological polar surface area (TPSA) is 67.4 Å². The Hall–Kier alpha value is -3.03. The highest BCUT2D eigenvalue weighted by Gasteiger charge is 2.31. The number of carbonyl (C=O) groups is 2. The summed E-state index contributed by atoms with van der Waals surface area (Å²) in [7, 11) is 0. The fourth-order valence-corrected chi connectivity index (χ4v) is 2.03. The van der Waals surface area contributed by atoms with Gasteiger partial charge in [-0.05, 0) is 31.2 Å². The molecule has 25 heavy (non-hydrogen) atoms. The Morgan fingerprint density at radius 2 is 1.80 bits per heavy atom.